The molecule has 0 aromatic carbocycles. The zero-order valence-electron chi connectivity index (χ0n) is 13.1. The molecule has 2 heterocycles. The fraction of sp³-hybridized carbons (Fsp3) is 0.533. The van der Waals surface area contributed by atoms with E-state index in [2.05, 4.69) is 10.1 Å². The smallest absolute Gasteiger partial charge is 0.318 e. The molecule has 0 fully saturated rings. The Labute approximate surface area is 131 Å². The van der Waals surface area contributed by atoms with E-state index in [4.69, 9.17) is 0 Å². The molecule has 2 rings (SSSR count). The van der Waals surface area contributed by atoms with Gasteiger partial charge in [0.05, 0.1) is 0 Å². The predicted molar refractivity (Wildman–Crippen MR) is 80.0 cm³/mol. The fourth-order valence-corrected chi connectivity index (χ4v) is 2.25. The molecule has 0 aliphatic carbocycles. The van der Waals surface area contributed by atoms with Crippen molar-refractivity contribution in [2.45, 2.75) is 45.3 Å². The summed E-state index contributed by atoms with van der Waals surface area (Å²) in [6.45, 7) is 0.845. The molecular formula is C15H19F3N4O. The second-order valence-corrected chi connectivity index (χ2v) is 5.45. The van der Waals surface area contributed by atoms with E-state index >= 15 is 0 Å². The minimum Gasteiger partial charge on any atom is -0.318 e. The van der Waals surface area contributed by atoms with Crippen LogP contribution in [0.2, 0.25) is 0 Å². The minimum atomic E-state index is -4.39. The number of unbranched alkanes of at least 4 members (excludes halogenated alkanes) is 2. The molecule has 0 amide bonds. The third-order valence-electron chi connectivity index (χ3n) is 3.39. The number of alkyl halides is 3. The number of nitrogens with zero attached hydrogens (tertiary/aromatic N) is 4. The van der Waals surface area contributed by atoms with E-state index in [0.717, 1.165) is 23.9 Å². The maximum Gasteiger partial charge on any atom is 0.408 e. The van der Waals surface area contributed by atoms with E-state index in [1.54, 1.807) is 7.05 Å². The zero-order chi connectivity index (χ0) is 17.0. The van der Waals surface area contributed by atoms with Crippen molar-refractivity contribution in [3.05, 3.63) is 34.5 Å². The molecular weight excluding hydrogens is 309 g/mol. The SMILES string of the molecule is CCCCCc1nc(-c2ccc(=O)n(C)c2)n(CC(F)(F)F)n1. The Morgan fingerprint density at radius 3 is 2.57 bits per heavy atom. The molecule has 0 saturated heterocycles. The average molecular weight is 328 g/mol. The van der Waals surface area contributed by atoms with Crippen molar-refractivity contribution in [1.29, 1.82) is 0 Å². The molecule has 0 aliphatic rings. The number of halogens is 3. The van der Waals surface area contributed by atoms with Crippen molar-refractivity contribution >= 4 is 0 Å². The van der Waals surface area contributed by atoms with E-state index in [1.807, 2.05) is 6.92 Å². The van der Waals surface area contributed by atoms with Crippen LogP contribution in [-0.4, -0.2) is 25.5 Å². The van der Waals surface area contributed by atoms with Crippen LogP contribution in [0, 0.1) is 0 Å². The highest BCUT2D eigenvalue weighted by Crippen LogP contribution is 2.23. The molecule has 0 bridgehead atoms. The molecule has 0 unspecified atom stereocenters. The van der Waals surface area contributed by atoms with Gasteiger partial charge in [0.15, 0.2) is 11.6 Å². The van der Waals surface area contributed by atoms with Crippen molar-refractivity contribution in [2.24, 2.45) is 7.05 Å². The first kappa shape index (κ1) is 17.2. The second kappa shape index (κ2) is 6.97. The monoisotopic (exact) mass is 328 g/mol. The van der Waals surface area contributed by atoms with Crippen LogP contribution in [0.15, 0.2) is 23.1 Å². The summed E-state index contributed by atoms with van der Waals surface area (Å²) >= 11 is 0. The van der Waals surface area contributed by atoms with Gasteiger partial charge in [-0.05, 0) is 12.5 Å². The molecule has 0 saturated carbocycles. The van der Waals surface area contributed by atoms with Gasteiger partial charge in [-0.25, -0.2) is 9.67 Å². The Kier molecular flexibility index (Phi) is 5.23. The first-order chi connectivity index (χ1) is 10.8. The number of aromatic nitrogens is 4. The predicted octanol–water partition coefficient (Wildman–Crippen LogP) is 2.94. The van der Waals surface area contributed by atoms with Crippen LogP contribution in [0.5, 0.6) is 0 Å². The second-order valence-electron chi connectivity index (χ2n) is 5.45. The van der Waals surface area contributed by atoms with Crippen LogP contribution < -0.4 is 5.56 Å². The standard InChI is InChI=1S/C15H19F3N4O/c1-3-4-5-6-12-19-14(22(20-12)10-15(16,17)18)11-7-8-13(23)21(2)9-11/h7-9H,3-6,10H2,1-2H3. The van der Waals surface area contributed by atoms with Crippen LogP contribution in [0.1, 0.15) is 32.0 Å². The third-order valence-corrected chi connectivity index (χ3v) is 3.39. The Morgan fingerprint density at radius 1 is 1.22 bits per heavy atom. The molecule has 2 aromatic rings. The summed E-state index contributed by atoms with van der Waals surface area (Å²) in [7, 11) is 1.54. The largest absolute Gasteiger partial charge is 0.408 e. The van der Waals surface area contributed by atoms with Crippen LogP contribution in [-0.2, 0) is 20.0 Å². The van der Waals surface area contributed by atoms with Crippen molar-refractivity contribution in [3.8, 4) is 11.4 Å². The zero-order valence-corrected chi connectivity index (χ0v) is 13.1. The summed E-state index contributed by atoms with van der Waals surface area (Å²) in [6, 6.07) is 2.77. The van der Waals surface area contributed by atoms with Gasteiger partial charge < -0.3 is 4.57 Å². The molecule has 23 heavy (non-hydrogen) atoms. The van der Waals surface area contributed by atoms with E-state index in [1.165, 1.54) is 22.9 Å². The maximum absolute atomic E-state index is 12.8. The number of hydrogen-bond donors (Lipinski definition) is 0. The van der Waals surface area contributed by atoms with Gasteiger partial charge in [0.25, 0.3) is 0 Å². The van der Waals surface area contributed by atoms with Crippen LogP contribution in [0.4, 0.5) is 13.2 Å². The molecule has 0 atom stereocenters. The fourth-order valence-electron chi connectivity index (χ4n) is 2.25. The Hall–Kier alpha value is -2.12. The van der Waals surface area contributed by atoms with Crippen molar-refractivity contribution in [3.63, 3.8) is 0 Å². The van der Waals surface area contributed by atoms with E-state index in [0.29, 0.717) is 17.8 Å². The quantitative estimate of drug-likeness (QED) is 0.766. The minimum absolute atomic E-state index is 0.129. The summed E-state index contributed by atoms with van der Waals surface area (Å²) in [5, 5.41) is 3.99. The highest BCUT2D eigenvalue weighted by atomic mass is 19.4. The van der Waals surface area contributed by atoms with E-state index < -0.39 is 12.7 Å². The first-order valence-electron chi connectivity index (χ1n) is 7.47. The van der Waals surface area contributed by atoms with Crippen molar-refractivity contribution in [1.82, 2.24) is 19.3 Å². The lowest BCUT2D eigenvalue weighted by atomic mass is 10.2. The normalized spacial score (nSPS) is 11.9. The van der Waals surface area contributed by atoms with Crippen molar-refractivity contribution in [2.75, 3.05) is 0 Å². The van der Waals surface area contributed by atoms with Gasteiger partial charge in [0.2, 0.25) is 5.56 Å². The van der Waals surface area contributed by atoms with Gasteiger partial charge in [-0.1, -0.05) is 19.8 Å². The van der Waals surface area contributed by atoms with Gasteiger partial charge in [-0.3, -0.25) is 4.79 Å². The highest BCUT2D eigenvalue weighted by molar-refractivity contribution is 5.53. The van der Waals surface area contributed by atoms with Gasteiger partial charge in [-0.15, -0.1) is 0 Å². The Morgan fingerprint density at radius 2 is 1.96 bits per heavy atom. The van der Waals surface area contributed by atoms with E-state index in [-0.39, 0.29) is 11.4 Å². The molecule has 0 N–H and O–H groups in total. The summed E-state index contributed by atoms with van der Waals surface area (Å²) in [6.07, 6.45) is 0.440. The summed E-state index contributed by atoms with van der Waals surface area (Å²) in [5.41, 5.74) is 0.199. The van der Waals surface area contributed by atoms with Crippen molar-refractivity contribution < 1.29 is 13.2 Å². The molecule has 0 spiro atoms. The summed E-state index contributed by atoms with van der Waals surface area (Å²) in [4.78, 5) is 15.7. The number of pyridine rings is 1. The van der Waals surface area contributed by atoms with Gasteiger partial charge >= 0.3 is 6.18 Å². The van der Waals surface area contributed by atoms with Crippen LogP contribution in [0.25, 0.3) is 11.4 Å². The topological polar surface area (TPSA) is 52.7 Å². The lowest BCUT2D eigenvalue weighted by Gasteiger charge is -2.09. The van der Waals surface area contributed by atoms with Crippen LogP contribution >= 0.6 is 0 Å². The van der Waals surface area contributed by atoms with E-state index in [9.17, 15) is 18.0 Å². The lowest BCUT2D eigenvalue weighted by Crippen LogP contribution is -2.20. The molecule has 0 aliphatic heterocycles. The Balaban J connectivity index is 2.37. The third kappa shape index (κ3) is 4.67. The first-order valence-corrected chi connectivity index (χ1v) is 7.47. The number of hydrogen-bond acceptors (Lipinski definition) is 3. The summed E-state index contributed by atoms with van der Waals surface area (Å²) < 4.78 is 40.4. The number of rotatable bonds is 6. The molecule has 2 aromatic heterocycles. The highest BCUT2D eigenvalue weighted by Gasteiger charge is 2.30. The molecule has 8 heteroatoms. The summed E-state index contributed by atoms with van der Waals surface area (Å²) in [5.74, 6) is 0.524. The Bertz CT molecular complexity index is 718. The van der Waals surface area contributed by atoms with Gasteiger partial charge in [-0.2, -0.15) is 18.3 Å². The molecule has 126 valence electrons. The molecule has 5 nitrogen and oxygen atoms in total. The number of aryl methyl sites for hydroxylation is 2. The molecule has 0 radical (unpaired) electrons. The lowest BCUT2D eigenvalue weighted by molar-refractivity contribution is -0.142. The maximum atomic E-state index is 12.8. The average Bonchev–Trinajstić information content (AvgIpc) is 2.83. The van der Waals surface area contributed by atoms with Gasteiger partial charge in [0.1, 0.15) is 6.54 Å². The van der Waals surface area contributed by atoms with Gasteiger partial charge in [0, 0.05) is 31.3 Å². The van der Waals surface area contributed by atoms with Crippen LogP contribution in [0.3, 0.4) is 0 Å².